The van der Waals surface area contributed by atoms with Crippen LogP contribution in [0.1, 0.15) is 17.2 Å². The second-order valence-electron chi connectivity index (χ2n) is 4.93. The van der Waals surface area contributed by atoms with E-state index in [9.17, 15) is 4.79 Å². The lowest BCUT2D eigenvalue weighted by atomic mass is 9.94. The molecule has 1 aliphatic heterocycles. The summed E-state index contributed by atoms with van der Waals surface area (Å²) in [4.78, 5) is 12.4. The zero-order chi connectivity index (χ0) is 14.7. The molecule has 1 N–H and O–H groups in total. The van der Waals surface area contributed by atoms with Crippen LogP contribution in [0.4, 0.5) is 0 Å². The maximum Gasteiger partial charge on any atom is 0.333 e. The number of esters is 1. The Morgan fingerprint density at radius 2 is 1.81 bits per heavy atom. The van der Waals surface area contributed by atoms with Crippen LogP contribution in [0.2, 0.25) is 0 Å². The third-order valence-corrected chi connectivity index (χ3v) is 3.62. The van der Waals surface area contributed by atoms with Crippen LogP contribution >= 0.6 is 0 Å². The largest absolute Gasteiger partial charge is 0.497 e. The van der Waals surface area contributed by atoms with E-state index in [1.165, 1.54) is 5.56 Å². The smallest absolute Gasteiger partial charge is 0.333 e. The van der Waals surface area contributed by atoms with Crippen LogP contribution in [0, 0.1) is 0 Å². The average molecular weight is 283 g/mol. The highest BCUT2D eigenvalue weighted by Crippen LogP contribution is 2.25. The molecule has 0 amide bonds. The molecule has 1 heterocycles. The van der Waals surface area contributed by atoms with Gasteiger partial charge in [-0.25, -0.2) is 4.79 Å². The molecule has 4 heteroatoms. The predicted octanol–water partition coefficient (Wildman–Crippen LogP) is 2.49. The monoisotopic (exact) mass is 283 g/mol. The molecule has 0 bridgehead atoms. The Morgan fingerprint density at radius 1 is 1.10 bits per heavy atom. The summed E-state index contributed by atoms with van der Waals surface area (Å²) < 4.78 is 10.5. The number of carbonyl (C=O) groups is 1. The van der Waals surface area contributed by atoms with E-state index in [4.69, 9.17) is 9.47 Å². The lowest BCUT2D eigenvalue weighted by Gasteiger charge is -2.25. The Labute approximate surface area is 123 Å². The van der Waals surface area contributed by atoms with Gasteiger partial charge in [-0.15, -0.1) is 0 Å². The highest BCUT2D eigenvalue weighted by molar-refractivity contribution is 5.80. The minimum Gasteiger partial charge on any atom is -0.497 e. The first-order valence-corrected chi connectivity index (χ1v) is 6.95. The van der Waals surface area contributed by atoms with Gasteiger partial charge in [0.1, 0.15) is 17.5 Å². The molecule has 0 aromatic heterocycles. The molecule has 1 aliphatic rings. The Hall–Kier alpha value is -2.33. The zero-order valence-corrected chi connectivity index (χ0v) is 11.8. The van der Waals surface area contributed by atoms with Gasteiger partial charge in [0.25, 0.3) is 0 Å². The Bertz CT molecular complexity index is 637. The summed E-state index contributed by atoms with van der Waals surface area (Å²) >= 11 is 0. The number of methoxy groups -OCH3 is 1. The normalized spacial score (nSPS) is 16.9. The summed E-state index contributed by atoms with van der Waals surface area (Å²) in [6.45, 7) is 0.777. The lowest BCUT2D eigenvalue weighted by Crippen LogP contribution is -2.37. The van der Waals surface area contributed by atoms with Crippen molar-refractivity contribution in [3.63, 3.8) is 0 Å². The van der Waals surface area contributed by atoms with Crippen LogP contribution in [-0.4, -0.2) is 19.6 Å². The zero-order valence-electron chi connectivity index (χ0n) is 11.8. The third kappa shape index (κ3) is 2.90. The molecule has 0 spiro atoms. The first-order chi connectivity index (χ1) is 10.3. The van der Waals surface area contributed by atoms with Crippen molar-refractivity contribution < 1.29 is 14.3 Å². The summed E-state index contributed by atoms with van der Waals surface area (Å²) in [5.74, 6) is 0.967. The van der Waals surface area contributed by atoms with Crippen LogP contribution in [0.15, 0.2) is 48.5 Å². The van der Waals surface area contributed by atoms with Crippen LogP contribution in [0.25, 0.3) is 0 Å². The van der Waals surface area contributed by atoms with Gasteiger partial charge in [0, 0.05) is 6.54 Å². The minimum absolute atomic E-state index is 0.285. The Kier molecular flexibility index (Phi) is 3.88. The Balaban J connectivity index is 1.76. The molecule has 0 radical (unpaired) electrons. The van der Waals surface area contributed by atoms with Crippen molar-refractivity contribution in [3.8, 4) is 11.5 Å². The number of hydrogen-bond donors (Lipinski definition) is 1. The van der Waals surface area contributed by atoms with E-state index in [0.29, 0.717) is 5.75 Å². The molecule has 1 atom stereocenters. The summed E-state index contributed by atoms with van der Waals surface area (Å²) in [6.07, 6.45) is 0.933. The molecule has 0 fully saturated rings. The number of hydrogen-bond acceptors (Lipinski definition) is 4. The molecule has 1 unspecified atom stereocenters. The van der Waals surface area contributed by atoms with Gasteiger partial charge in [0.2, 0.25) is 0 Å². The van der Waals surface area contributed by atoms with E-state index in [1.807, 2.05) is 18.2 Å². The highest BCUT2D eigenvalue weighted by Gasteiger charge is 2.27. The van der Waals surface area contributed by atoms with Crippen molar-refractivity contribution >= 4 is 5.97 Å². The Morgan fingerprint density at radius 3 is 2.57 bits per heavy atom. The van der Waals surface area contributed by atoms with Crippen LogP contribution < -0.4 is 14.8 Å². The van der Waals surface area contributed by atoms with E-state index >= 15 is 0 Å². The van der Waals surface area contributed by atoms with Gasteiger partial charge in [-0.05, 0) is 41.8 Å². The molecule has 0 saturated heterocycles. The molecule has 21 heavy (non-hydrogen) atoms. The molecule has 0 saturated carbocycles. The van der Waals surface area contributed by atoms with Gasteiger partial charge in [-0.1, -0.05) is 24.3 Å². The standard InChI is InChI=1S/C17H17NO3/c1-20-13-6-8-14(9-7-13)21-17(19)16-15-5-3-2-4-12(15)10-11-18-16/h2-9,16,18H,10-11H2,1H3. The van der Waals surface area contributed by atoms with E-state index in [1.54, 1.807) is 31.4 Å². The quantitative estimate of drug-likeness (QED) is 0.694. The van der Waals surface area contributed by atoms with Crippen LogP contribution in [0.5, 0.6) is 11.5 Å². The second-order valence-corrected chi connectivity index (χ2v) is 4.93. The first-order valence-electron chi connectivity index (χ1n) is 6.95. The molecule has 108 valence electrons. The van der Waals surface area contributed by atoms with Gasteiger partial charge in [0.15, 0.2) is 0 Å². The van der Waals surface area contributed by atoms with Crippen molar-refractivity contribution in [1.82, 2.24) is 5.32 Å². The van der Waals surface area contributed by atoms with Crippen molar-refractivity contribution in [1.29, 1.82) is 0 Å². The van der Waals surface area contributed by atoms with Crippen molar-refractivity contribution in [3.05, 3.63) is 59.7 Å². The van der Waals surface area contributed by atoms with Crippen molar-refractivity contribution in [2.75, 3.05) is 13.7 Å². The number of ether oxygens (including phenoxy) is 2. The lowest BCUT2D eigenvalue weighted by molar-refractivity contribution is -0.137. The molecule has 3 rings (SSSR count). The summed E-state index contributed by atoms with van der Waals surface area (Å²) in [5, 5.41) is 3.22. The second kappa shape index (κ2) is 5.97. The van der Waals surface area contributed by atoms with E-state index in [-0.39, 0.29) is 5.97 Å². The number of nitrogens with one attached hydrogen (secondary N) is 1. The molecule has 2 aromatic carbocycles. The van der Waals surface area contributed by atoms with E-state index < -0.39 is 6.04 Å². The van der Waals surface area contributed by atoms with Gasteiger partial charge in [-0.2, -0.15) is 0 Å². The number of fused-ring (bicyclic) bond motifs is 1. The molecular weight excluding hydrogens is 266 g/mol. The van der Waals surface area contributed by atoms with Crippen molar-refractivity contribution in [2.45, 2.75) is 12.5 Å². The predicted molar refractivity (Wildman–Crippen MR) is 79.5 cm³/mol. The van der Waals surface area contributed by atoms with Gasteiger partial charge in [-0.3, -0.25) is 0 Å². The summed E-state index contributed by atoms with van der Waals surface area (Å²) in [6, 6.07) is 14.6. The fourth-order valence-electron chi connectivity index (χ4n) is 2.53. The first kappa shape index (κ1) is 13.6. The summed E-state index contributed by atoms with van der Waals surface area (Å²) in [7, 11) is 1.60. The topological polar surface area (TPSA) is 47.6 Å². The summed E-state index contributed by atoms with van der Waals surface area (Å²) in [5.41, 5.74) is 2.20. The van der Waals surface area contributed by atoms with E-state index in [2.05, 4.69) is 11.4 Å². The van der Waals surface area contributed by atoms with Crippen LogP contribution in [0.3, 0.4) is 0 Å². The van der Waals surface area contributed by atoms with Gasteiger partial charge < -0.3 is 14.8 Å². The average Bonchev–Trinajstić information content (AvgIpc) is 2.55. The van der Waals surface area contributed by atoms with Gasteiger partial charge >= 0.3 is 5.97 Å². The third-order valence-electron chi connectivity index (χ3n) is 3.62. The number of carbonyl (C=O) groups excluding carboxylic acids is 1. The maximum absolute atomic E-state index is 12.4. The molecule has 2 aromatic rings. The minimum atomic E-state index is -0.406. The highest BCUT2D eigenvalue weighted by atomic mass is 16.5. The SMILES string of the molecule is COc1ccc(OC(=O)C2NCCc3ccccc32)cc1. The van der Waals surface area contributed by atoms with Crippen molar-refractivity contribution in [2.24, 2.45) is 0 Å². The van der Waals surface area contributed by atoms with E-state index in [0.717, 1.165) is 24.3 Å². The fourth-order valence-corrected chi connectivity index (χ4v) is 2.53. The number of benzene rings is 2. The molecule has 0 aliphatic carbocycles. The van der Waals surface area contributed by atoms with Crippen LogP contribution in [-0.2, 0) is 11.2 Å². The maximum atomic E-state index is 12.4. The molecule has 4 nitrogen and oxygen atoms in total. The fraction of sp³-hybridized carbons (Fsp3) is 0.235. The number of rotatable bonds is 3. The molecular formula is C17H17NO3. The van der Waals surface area contributed by atoms with Gasteiger partial charge in [0.05, 0.1) is 7.11 Å².